The molecule has 1 atom stereocenters. The molecule has 1 aliphatic rings. The van der Waals surface area contributed by atoms with E-state index in [0.29, 0.717) is 32.3 Å². The lowest BCUT2D eigenvalue weighted by atomic mass is 10.0. The summed E-state index contributed by atoms with van der Waals surface area (Å²) in [6, 6.07) is 11.0. The van der Waals surface area contributed by atoms with Crippen molar-refractivity contribution in [2.45, 2.75) is 25.3 Å². The number of nitrogens with one attached hydrogen (secondary N) is 1. The number of benzene rings is 1. The van der Waals surface area contributed by atoms with Crippen LogP contribution in [0.25, 0.3) is 11.1 Å². The minimum atomic E-state index is 0.183. The van der Waals surface area contributed by atoms with Gasteiger partial charge in [0, 0.05) is 31.0 Å². The van der Waals surface area contributed by atoms with Crippen LogP contribution < -0.4 is 10.1 Å². The van der Waals surface area contributed by atoms with Crippen molar-refractivity contribution in [3.63, 3.8) is 0 Å². The van der Waals surface area contributed by atoms with Gasteiger partial charge in [-0.3, -0.25) is 4.98 Å². The first kappa shape index (κ1) is 17.9. The quantitative estimate of drug-likeness (QED) is 0.649. The van der Waals surface area contributed by atoms with Crippen LogP contribution in [0.1, 0.15) is 18.4 Å². The third-order valence-electron chi connectivity index (χ3n) is 4.36. The van der Waals surface area contributed by atoms with Gasteiger partial charge in [0.2, 0.25) is 0 Å². The largest absolute Gasteiger partial charge is 0.490 e. The average Bonchev–Trinajstić information content (AvgIpc) is 2.61. The normalized spacial score (nSPS) is 16.4. The molecule has 1 aromatic carbocycles. The molecule has 5 heteroatoms. The first-order chi connectivity index (χ1) is 12.3. The molecule has 0 saturated carbocycles. The summed E-state index contributed by atoms with van der Waals surface area (Å²) in [5.41, 5.74) is 3.43. The Morgan fingerprint density at radius 2 is 1.96 bits per heavy atom. The molecule has 0 spiro atoms. The van der Waals surface area contributed by atoms with Crippen molar-refractivity contribution >= 4 is 0 Å². The van der Waals surface area contributed by atoms with E-state index in [9.17, 15) is 0 Å². The number of aliphatic hydroxyl groups is 1. The van der Waals surface area contributed by atoms with Gasteiger partial charge in [0.05, 0.1) is 12.8 Å². The summed E-state index contributed by atoms with van der Waals surface area (Å²) in [6.45, 7) is 3.26. The second-order valence-electron chi connectivity index (χ2n) is 6.30. The lowest BCUT2D eigenvalue weighted by Gasteiger charge is -2.27. The van der Waals surface area contributed by atoms with E-state index in [-0.39, 0.29) is 6.61 Å². The van der Waals surface area contributed by atoms with Crippen LogP contribution in [0.15, 0.2) is 42.7 Å². The lowest BCUT2D eigenvalue weighted by molar-refractivity contribution is 0.118. The molecule has 2 heterocycles. The van der Waals surface area contributed by atoms with Gasteiger partial charge in [-0.05, 0) is 43.0 Å². The number of hydrogen-bond donors (Lipinski definition) is 2. The zero-order chi connectivity index (χ0) is 17.3. The Morgan fingerprint density at radius 1 is 1.12 bits per heavy atom. The van der Waals surface area contributed by atoms with Crippen molar-refractivity contribution in [2.24, 2.45) is 0 Å². The van der Waals surface area contributed by atoms with Crippen molar-refractivity contribution in [1.29, 1.82) is 0 Å². The van der Waals surface area contributed by atoms with E-state index in [1.54, 1.807) is 6.20 Å². The molecule has 3 rings (SSSR count). The first-order valence-corrected chi connectivity index (χ1v) is 8.94. The second kappa shape index (κ2) is 9.51. The third kappa shape index (κ3) is 5.53. The van der Waals surface area contributed by atoms with E-state index in [4.69, 9.17) is 14.6 Å². The molecule has 5 nitrogen and oxygen atoms in total. The van der Waals surface area contributed by atoms with E-state index in [0.717, 1.165) is 29.8 Å². The van der Waals surface area contributed by atoms with Gasteiger partial charge >= 0.3 is 0 Å². The summed E-state index contributed by atoms with van der Waals surface area (Å²) in [7, 11) is 0. The third-order valence-corrected chi connectivity index (χ3v) is 4.36. The first-order valence-electron chi connectivity index (χ1n) is 8.94. The molecule has 1 aliphatic heterocycles. The number of rotatable bonds is 10. The maximum atomic E-state index is 8.72. The molecule has 2 aromatic rings. The molecule has 1 fully saturated rings. The van der Waals surface area contributed by atoms with Crippen LogP contribution in [0.5, 0.6) is 5.75 Å². The number of aliphatic hydroxyl groups excluding tert-OH is 1. The molecular weight excluding hydrogens is 316 g/mol. The average molecular weight is 342 g/mol. The number of pyridine rings is 1. The Balaban J connectivity index is 1.52. The fourth-order valence-electron chi connectivity index (χ4n) is 2.67. The highest BCUT2D eigenvalue weighted by atomic mass is 16.5. The molecule has 1 saturated heterocycles. The van der Waals surface area contributed by atoms with E-state index < -0.39 is 0 Å². The molecule has 2 N–H and O–H groups in total. The zero-order valence-electron chi connectivity index (χ0n) is 14.5. The van der Waals surface area contributed by atoms with Gasteiger partial charge in [-0.15, -0.1) is 0 Å². The molecule has 1 aromatic heterocycles. The standard InChI is InChI=1S/C20H26N2O3/c23-9-1-10-24-11-7-16-2-4-17(5-3-16)18-12-20(14-21-13-18)25-15-19-6-8-22-19/h2-5,12-14,19,22-23H,1,6-11,15H2/t19-/m0/s1. The predicted molar refractivity (Wildman–Crippen MR) is 97.8 cm³/mol. The van der Waals surface area contributed by atoms with Crippen LogP contribution in [0.3, 0.4) is 0 Å². The molecule has 25 heavy (non-hydrogen) atoms. The van der Waals surface area contributed by atoms with Crippen molar-refractivity contribution < 1.29 is 14.6 Å². The maximum absolute atomic E-state index is 8.72. The molecule has 0 radical (unpaired) electrons. The summed E-state index contributed by atoms with van der Waals surface area (Å²) in [6.07, 6.45) is 6.38. The topological polar surface area (TPSA) is 63.6 Å². The van der Waals surface area contributed by atoms with Crippen molar-refractivity contribution in [2.75, 3.05) is 33.0 Å². The van der Waals surface area contributed by atoms with Crippen LogP contribution in [-0.4, -0.2) is 49.1 Å². The van der Waals surface area contributed by atoms with Crippen molar-refractivity contribution in [3.05, 3.63) is 48.3 Å². The summed E-state index contributed by atoms with van der Waals surface area (Å²) in [5, 5.41) is 12.0. The Kier molecular flexibility index (Phi) is 6.79. The minimum Gasteiger partial charge on any atom is -0.490 e. The smallest absolute Gasteiger partial charge is 0.138 e. The van der Waals surface area contributed by atoms with E-state index in [1.165, 1.54) is 12.0 Å². The highest BCUT2D eigenvalue weighted by Gasteiger charge is 2.16. The van der Waals surface area contributed by atoms with Crippen LogP contribution in [0.4, 0.5) is 0 Å². The van der Waals surface area contributed by atoms with E-state index >= 15 is 0 Å². The van der Waals surface area contributed by atoms with Crippen LogP contribution in [-0.2, 0) is 11.2 Å². The van der Waals surface area contributed by atoms with Gasteiger partial charge in [-0.2, -0.15) is 0 Å². The summed E-state index contributed by atoms with van der Waals surface area (Å²) >= 11 is 0. The summed E-state index contributed by atoms with van der Waals surface area (Å²) < 4.78 is 11.3. The minimum absolute atomic E-state index is 0.183. The van der Waals surface area contributed by atoms with Crippen LogP contribution in [0, 0.1) is 0 Å². The number of aromatic nitrogens is 1. The Morgan fingerprint density at radius 3 is 2.68 bits per heavy atom. The van der Waals surface area contributed by atoms with Crippen molar-refractivity contribution in [1.82, 2.24) is 10.3 Å². The molecule has 0 bridgehead atoms. The van der Waals surface area contributed by atoms with E-state index in [2.05, 4.69) is 34.6 Å². The van der Waals surface area contributed by atoms with Gasteiger partial charge in [0.15, 0.2) is 0 Å². The highest BCUT2D eigenvalue weighted by molar-refractivity contribution is 5.64. The Labute approximate surface area is 149 Å². The van der Waals surface area contributed by atoms with E-state index in [1.807, 2.05) is 12.3 Å². The van der Waals surface area contributed by atoms with Gasteiger partial charge < -0.3 is 19.9 Å². The molecule has 134 valence electrons. The fraction of sp³-hybridized carbons (Fsp3) is 0.450. The van der Waals surface area contributed by atoms with Crippen molar-refractivity contribution in [3.8, 4) is 16.9 Å². The second-order valence-corrected chi connectivity index (χ2v) is 6.30. The van der Waals surface area contributed by atoms with Crippen LogP contribution in [0.2, 0.25) is 0 Å². The van der Waals surface area contributed by atoms with Gasteiger partial charge in [0.1, 0.15) is 12.4 Å². The summed E-state index contributed by atoms with van der Waals surface area (Å²) in [4.78, 5) is 4.30. The fourth-order valence-corrected chi connectivity index (χ4v) is 2.67. The SMILES string of the molecule is OCCCOCCc1ccc(-c2cncc(OC[C@@H]3CCN3)c2)cc1. The van der Waals surface area contributed by atoms with Gasteiger partial charge in [-0.1, -0.05) is 24.3 Å². The molecular formula is C20H26N2O3. The number of hydrogen-bond acceptors (Lipinski definition) is 5. The zero-order valence-corrected chi connectivity index (χ0v) is 14.5. The molecule has 0 unspecified atom stereocenters. The van der Waals surface area contributed by atoms with Crippen LogP contribution >= 0.6 is 0 Å². The Bertz CT molecular complexity index is 642. The summed E-state index contributed by atoms with van der Waals surface area (Å²) in [5.74, 6) is 0.813. The molecule has 0 amide bonds. The number of ether oxygens (including phenoxy) is 2. The molecule has 0 aliphatic carbocycles. The monoisotopic (exact) mass is 342 g/mol. The predicted octanol–water partition coefficient (Wildman–Crippen LogP) is 2.43. The highest BCUT2D eigenvalue weighted by Crippen LogP contribution is 2.23. The lowest BCUT2D eigenvalue weighted by Crippen LogP contribution is -2.46. The Hall–Kier alpha value is -1.95. The maximum Gasteiger partial charge on any atom is 0.138 e. The van der Waals surface area contributed by atoms with Gasteiger partial charge in [0.25, 0.3) is 0 Å². The van der Waals surface area contributed by atoms with Gasteiger partial charge in [-0.25, -0.2) is 0 Å². The number of nitrogens with zero attached hydrogens (tertiary/aromatic N) is 1.